The van der Waals surface area contributed by atoms with Crippen molar-refractivity contribution in [1.82, 2.24) is 5.43 Å². The molecule has 0 spiro atoms. The highest BCUT2D eigenvalue weighted by molar-refractivity contribution is 14.1. The number of hydrogen-bond donors (Lipinski definition) is 2. The first kappa shape index (κ1) is 23.5. The minimum atomic E-state index is -1.89. The van der Waals surface area contributed by atoms with E-state index in [1.165, 1.54) is 6.21 Å². The highest BCUT2D eigenvalue weighted by atomic mass is 127. The predicted octanol–water partition coefficient (Wildman–Crippen LogP) is 4.25. The maximum Gasteiger partial charge on any atom is 0.281 e. The molecule has 0 radical (unpaired) electrons. The van der Waals surface area contributed by atoms with Crippen molar-refractivity contribution in [2.24, 2.45) is 5.10 Å². The Labute approximate surface area is 200 Å². The van der Waals surface area contributed by atoms with Crippen LogP contribution in [0.2, 0.25) is 0 Å². The van der Waals surface area contributed by atoms with Crippen LogP contribution in [0.5, 0.6) is 11.5 Å². The normalized spacial score (nSPS) is 11.2. The van der Waals surface area contributed by atoms with E-state index in [9.17, 15) is 9.90 Å². The van der Waals surface area contributed by atoms with Crippen molar-refractivity contribution >= 4 is 34.7 Å². The Morgan fingerprint density at radius 1 is 1.12 bits per heavy atom. The van der Waals surface area contributed by atoms with Crippen LogP contribution in [0, 0.1) is 3.57 Å². The average Bonchev–Trinajstić information content (AvgIpc) is 2.83. The minimum Gasteiger partial charge on any atom is -0.493 e. The van der Waals surface area contributed by atoms with Crippen molar-refractivity contribution in [1.29, 1.82) is 0 Å². The van der Waals surface area contributed by atoms with E-state index in [0.717, 1.165) is 3.57 Å². The van der Waals surface area contributed by atoms with Crippen LogP contribution in [0.25, 0.3) is 0 Å². The molecule has 0 aliphatic heterocycles. The van der Waals surface area contributed by atoms with Gasteiger partial charge in [-0.2, -0.15) is 5.10 Å². The van der Waals surface area contributed by atoms with Crippen LogP contribution in [-0.2, 0) is 10.4 Å². The van der Waals surface area contributed by atoms with Gasteiger partial charge in [-0.15, -0.1) is 0 Å². The smallest absolute Gasteiger partial charge is 0.281 e. The van der Waals surface area contributed by atoms with E-state index in [1.807, 2.05) is 18.2 Å². The van der Waals surface area contributed by atoms with Gasteiger partial charge in [-0.05, 0) is 51.4 Å². The van der Waals surface area contributed by atoms with Crippen LogP contribution in [0.4, 0.5) is 0 Å². The summed E-state index contributed by atoms with van der Waals surface area (Å²) in [5.41, 5.74) is 2.15. The molecule has 0 fully saturated rings. The molecule has 3 aromatic carbocycles. The van der Waals surface area contributed by atoms with E-state index < -0.39 is 11.5 Å². The fourth-order valence-electron chi connectivity index (χ4n) is 3.13. The molecule has 164 valence electrons. The fourth-order valence-corrected chi connectivity index (χ4v) is 3.91. The molecule has 0 saturated heterocycles. The molecule has 32 heavy (non-hydrogen) atoms. The van der Waals surface area contributed by atoms with Gasteiger partial charge >= 0.3 is 0 Å². The summed E-state index contributed by atoms with van der Waals surface area (Å²) in [4.78, 5) is 13.1. The van der Waals surface area contributed by atoms with Gasteiger partial charge < -0.3 is 14.6 Å². The van der Waals surface area contributed by atoms with Crippen LogP contribution in [0.15, 0.2) is 90.6 Å². The van der Waals surface area contributed by atoms with Crippen molar-refractivity contribution in [3.63, 3.8) is 0 Å². The second kappa shape index (κ2) is 10.9. The van der Waals surface area contributed by atoms with Gasteiger partial charge in [0.15, 0.2) is 17.1 Å². The Bertz CT molecular complexity index is 1060. The highest BCUT2D eigenvalue weighted by Gasteiger charge is 2.39. The van der Waals surface area contributed by atoms with E-state index in [0.29, 0.717) is 34.8 Å². The summed E-state index contributed by atoms with van der Waals surface area (Å²) in [5.74, 6) is 0.479. The Hall–Kier alpha value is -3.17. The van der Waals surface area contributed by atoms with Crippen molar-refractivity contribution < 1.29 is 19.4 Å². The number of nitrogens with one attached hydrogen (secondary N) is 1. The molecule has 0 atom stereocenters. The summed E-state index contributed by atoms with van der Waals surface area (Å²) >= 11 is 2.14. The lowest BCUT2D eigenvalue weighted by Crippen LogP contribution is -2.43. The van der Waals surface area contributed by atoms with E-state index in [1.54, 1.807) is 67.8 Å². The molecular formula is C25H23IN2O4. The summed E-state index contributed by atoms with van der Waals surface area (Å²) in [6.45, 7) is 4.00. The van der Waals surface area contributed by atoms with Gasteiger partial charge in [0.2, 0.25) is 0 Å². The second-order valence-corrected chi connectivity index (χ2v) is 7.94. The monoisotopic (exact) mass is 542 g/mol. The number of aliphatic hydroxyl groups is 1. The molecule has 0 saturated carbocycles. The van der Waals surface area contributed by atoms with Gasteiger partial charge in [-0.3, -0.25) is 4.79 Å². The molecule has 2 N–H and O–H groups in total. The summed E-state index contributed by atoms with van der Waals surface area (Å²) in [6, 6.07) is 21.1. The number of benzene rings is 3. The third-order valence-corrected chi connectivity index (χ3v) is 5.49. The molecule has 7 heteroatoms. The van der Waals surface area contributed by atoms with Crippen LogP contribution in [0.3, 0.4) is 0 Å². The Morgan fingerprint density at radius 3 is 2.25 bits per heavy atom. The lowest BCUT2D eigenvalue weighted by molar-refractivity contribution is -0.136. The average molecular weight is 542 g/mol. The standard InChI is InChI=1S/C25H23IN2O4/c1-3-14-32-23-21(26)15-18(16-22(23)31-2)17-27-28-24(29)25(30,19-10-6-4-7-11-19)20-12-8-5-9-13-20/h3-13,15-17,30H,1,14H2,2H3,(H,28,29)/b27-17-. The van der Waals surface area contributed by atoms with Crippen molar-refractivity contribution in [2.45, 2.75) is 5.60 Å². The first-order valence-corrected chi connectivity index (χ1v) is 10.9. The molecule has 3 rings (SSSR count). The number of carbonyl (C=O) groups is 1. The molecule has 0 aliphatic rings. The lowest BCUT2D eigenvalue weighted by Gasteiger charge is -2.27. The van der Waals surface area contributed by atoms with E-state index in [-0.39, 0.29) is 0 Å². The molecule has 1 amide bonds. The molecule has 0 heterocycles. The van der Waals surface area contributed by atoms with Gasteiger partial charge in [0.25, 0.3) is 5.91 Å². The van der Waals surface area contributed by atoms with E-state index in [4.69, 9.17) is 9.47 Å². The van der Waals surface area contributed by atoms with Gasteiger partial charge in [0.1, 0.15) is 6.61 Å². The largest absolute Gasteiger partial charge is 0.493 e. The zero-order valence-electron chi connectivity index (χ0n) is 17.5. The van der Waals surface area contributed by atoms with Crippen LogP contribution >= 0.6 is 22.6 Å². The molecule has 3 aromatic rings. The molecule has 0 aliphatic carbocycles. The number of carbonyl (C=O) groups excluding carboxylic acids is 1. The Morgan fingerprint density at radius 2 is 1.72 bits per heavy atom. The van der Waals surface area contributed by atoms with Gasteiger partial charge in [-0.25, -0.2) is 5.43 Å². The Balaban J connectivity index is 1.85. The second-order valence-electron chi connectivity index (χ2n) is 6.78. The summed E-state index contributed by atoms with van der Waals surface area (Å²) in [5, 5.41) is 15.5. The van der Waals surface area contributed by atoms with Crippen LogP contribution < -0.4 is 14.9 Å². The number of amides is 1. The maximum atomic E-state index is 13.1. The van der Waals surface area contributed by atoms with Gasteiger partial charge in [0, 0.05) is 0 Å². The molecule has 0 aromatic heterocycles. The van der Waals surface area contributed by atoms with Crippen LogP contribution in [0.1, 0.15) is 16.7 Å². The summed E-state index contributed by atoms with van der Waals surface area (Å²) in [7, 11) is 1.55. The number of nitrogens with zero attached hydrogens (tertiary/aromatic N) is 1. The van der Waals surface area contributed by atoms with Crippen molar-refractivity contribution in [2.75, 3.05) is 13.7 Å². The number of ether oxygens (including phenoxy) is 2. The first-order valence-electron chi connectivity index (χ1n) is 9.78. The zero-order valence-corrected chi connectivity index (χ0v) is 19.7. The van der Waals surface area contributed by atoms with E-state index >= 15 is 0 Å². The predicted molar refractivity (Wildman–Crippen MR) is 133 cm³/mol. The SMILES string of the molecule is C=CCOc1c(I)cc(/C=N\NC(=O)C(O)(c2ccccc2)c2ccccc2)cc1OC. The highest BCUT2D eigenvalue weighted by Crippen LogP contribution is 2.34. The first-order chi connectivity index (χ1) is 15.5. The van der Waals surface area contributed by atoms with Gasteiger partial charge in [0.05, 0.1) is 16.9 Å². The number of hydrazone groups is 1. The quantitative estimate of drug-likeness (QED) is 0.184. The van der Waals surface area contributed by atoms with E-state index in [2.05, 4.69) is 39.7 Å². The lowest BCUT2D eigenvalue weighted by atomic mass is 9.85. The minimum absolute atomic E-state index is 0.355. The fraction of sp³-hybridized carbons (Fsp3) is 0.120. The number of rotatable bonds is 9. The number of methoxy groups -OCH3 is 1. The van der Waals surface area contributed by atoms with Crippen LogP contribution in [-0.4, -0.2) is 30.9 Å². The molecular weight excluding hydrogens is 519 g/mol. The summed E-state index contributed by atoms with van der Waals surface area (Å²) in [6.07, 6.45) is 3.14. The molecule has 0 bridgehead atoms. The molecule has 0 unspecified atom stereocenters. The zero-order chi connectivity index (χ0) is 23.0. The third-order valence-electron chi connectivity index (χ3n) is 4.69. The van der Waals surface area contributed by atoms with Crippen molar-refractivity contribution in [3.05, 3.63) is 106 Å². The maximum absolute atomic E-state index is 13.1. The third kappa shape index (κ3) is 5.17. The summed E-state index contributed by atoms with van der Waals surface area (Å²) < 4.78 is 11.9. The topological polar surface area (TPSA) is 80.2 Å². The Kier molecular flexibility index (Phi) is 8.02. The van der Waals surface area contributed by atoms with Gasteiger partial charge in [-0.1, -0.05) is 73.3 Å². The number of halogens is 1. The number of hydrogen-bond acceptors (Lipinski definition) is 5. The molecule has 6 nitrogen and oxygen atoms in total. The van der Waals surface area contributed by atoms with Crippen molar-refractivity contribution in [3.8, 4) is 11.5 Å².